The standard InChI is InChI=1S/C13H15BrFNOSi.C12H13BrFNO2.2CH4.ClH/c1-16-13(17-18(2,3)4)8-7-9-10(13)5-6-11(14)12(9)15;1-2-17-11(15)12(16)6-5-7-8(12)3-4-9(13)10(7)14;;;/h5-6H,7-8H2,2-4H3;3-4,15-16H,2,5-6H2,1H3;2*1H4;1H. The Kier molecular flexibility index (Phi) is 13.3. The van der Waals surface area contributed by atoms with Gasteiger partial charge in [-0.05, 0) is 107 Å². The minimum atomic E-state index is -1.86. The molecule has 38 heavy (non-hydrogen) atoms. The highest BCUT2D eigenvalue weighted by Gasteiger charge is 2.50. The van der Waals surface area contributed by atoms with E-state index >= 15 is 0 Å². The summed E-state index contributed by atoms with van der Waals surface area (Å²) in [7, 11) is -1.86. The molecule has 5 nitrogen and oxygen atoms in total. The van der Waals surface area contributed by atoms with Crippen molar-refractivity contribution in [2.24, 2.45) is 0 Å². The van der Waals surface area contributed by atoms with Crippen LogP contribution in [0.1, 0.15) is 56.9 Å². The number of hydrogen-bond acceptors (Lipinski definition) is 4. The van der Waals surface area contributed by atoms with E-state index in [9.17, 15) is 13.9 Å². The molecule has 2 aromatic rings. The summed E-state index contributed by atoms with van der Waals surface area (Å²) in [6.07, 6.45) is 1.80. The number of nitrogens with zero attached hydrogens (tertiary/aromatic N) is 1. The summed E-state index contributed by atoms with van der Waals surface area (Å²) in [5.41, 5.74) is -0.212. The van der Waals surface area contributed by atoms with Crippen LogP contribution in [0.5, 0.6) is 0 Å². The predicted octanol–water partition coefficient (Wildman–Crippen LogP) is 8.89. The van der Waals surface area contributed by atoms with Gasteiger partial charge >= 0.3 is 5.72 Å². The summed E-state index contributed by atoms with van der Waals surface area (Å²) in [5, 5.41) is 18.2. The molecule has 4 rings (SSSR count). The maximum Gasteiger partial charge on any atom is 0.355 e. The second kappa shape index (κ2) is 13.8. The van der Waals surface area contributed by atoms with Crippen LogP contribution in [0.4, 0.5) is 8.78 Å². The van der Waals surface area contributed by atoms with Gasteiger partial charge in [-0.15, -0.1) is 12.4 Å². The predicted molar refractivity (Wildman–Crippen MR) is 162 cm³/mol. The van der Waals surface area contributed by atoms with E-state index in [-0.39, 0.29) is 51.2 Å². The van der Waals surface area contributed by atoms with Gasteiger partial charge < -0.3 is 14.3 Å². The van der Waals surface area contributed by atoms with Crippen molar-refractivity contribution in [1.29, 1.82) is 5.41 Å². The number of halogens is 5. The topological polar surface area (TPSA) is 66.9 Å². The third kappa shape index (κ3) is 7.04. The second-order valence-electron chi connectivity index (χ2n) is 9.51. The molecule has 0 saturated carbocycles. The summed E-state index contributed by atoms with van der Waals surface area (Å²) in [6.45, 7) is 15.7. The SMILES string of the molecule is C.C.CCOC(=N)C1(O)CCc2c1ccc(Br)c2F.Cl.[C-]#[N+]C1(O[Si](C)(C)C)CCc2c1ccc(Br)c2F. The van der Waals surface area contributed by atoms with Gasteiger partial charge in [-0.1, -0.05) is 20.9 Å². The Labute approximate surface area is 249 Å². The molecule has 212 valence electrons. The normalized spacial score (nSPS) is 20.7. The molecule has 2 atom stereocenters. The van der Waals surface area contributed by atoms with Crippen molar-refractivity contribution >= 4 is 58.5 Å². The van der Waals surface area contributed by atoms with Gasteiger partial charge in [0.1, 0.15) is 11.6 Å². The Bertz CT molecular complexity index is 1210. The third-order valence-corrected chi connectivity index (χ3v) is 8.20. The van der Waals surface area contributed by atoms with E-state index in [1.165, 1.54) is 0 Å². The smallest absolute Gasteiger partial charge is 0.355 e. The minimum absolute atomic E-state index is 0. The molecule has 0 bridgehead atoms. The largest absolute Gasteiger partial charge is 0.479 e. The molecule has 0 saturated heterocycles. The van der Waals surface area contributed by atoms with E-state index in [1.54, 1.807) is 25.1 Å². The van der Waals surface area contributed by atoms with Gasteiger partial charge in [0.25, 0.3) is 0 Å². The lowest BCUT2D eigenvalue weighted by Crippen LogP contribution is -2.37. The Hall–Kier alpha value is -1.35. The molecule has 0 fully saturated rings. The first-order valence-corrected chi connectivity index (χ1v) is 16.3. The van der Waals surface area contributed by atoms with E-state index in [2.05, 4.69) is 36.7 Å². The van der Waals surface area contributed by atoms with Crippen molar-refractivity contribution < 1.29 is 23.1 Å². The highest BCUT2D eigenvalue weighted by Crippen LogP contribution is 2.45. The van der Waals surface area contributed by atoms with Crippen molar-refractivity contribution in [3.05, 3.63) is 78.5 Å². The lowest BCUT2D eigenvalue weighted by Gasteiger charge is -2.26. The molecule has 11 heteroatoms. The van der Waals surface area contributed by atoms with Gasteiger partial charge in [0.15, 0.2) is 13.9 Å². The van der Waals surface area contributed by atoms with Crippen LogP contribution in [-0.2, 0) is 33.3 Å². The third-order valence-electron chi connectivity index (χ3n) is 6.03. The van der Waals surface area contributed by atoms with E-state index < -0.39 is 19.6 Å². The lowest BCUT2D eigenvalue weighted by molar-refractivity contribution is 0.0782. The fourth-order valence-corrected chi connectivity index (χ4v) is 6.56. The fraction of sp³-hybridized carbons (Fsp3) is 0.481. The quantitative estimate of drug-likeness (QED) is 0.145. The fourth-order valence-electron chi connectivity index (χ4n) is 4.55. The van der Waals surface area contributed by atoms with Gasteiger partial charge in [-0.2, -0.15) is 0 Å². The van der Waals surface area contributed by atoms with E-state index in [0.717, 1.165) is 0 Å². The van der Waals surface area contributed by atoms with Crippen LogP contribution in [0.15, 0.2) is 33.2 Å². The molecule has 0 heterocycles. The van der Waals surface area contributed by atoms with Crippen molar-refractivity contribution in [1.82, 2.24) is 0 Å². The molecule has 0 radical (unpaired) electrons. The van der Waals surface area contributed by atoms with Crippen LogP contribution in [0.3, 0.4) is 0 Å². The highest BCUT2D eigenvalue weighted by atomic mass is 79.9. The van der Waals surface area contributed by atoms with Gasteiger partial charge in [0, 0.05) is 5.56 Å². The van der Waals surface area contributed by atoms with Crippen LogP contribution in [0.25, 0.3) is 4.85 Å². The number of nitrogens with one attached hydrogen (secondary N) is 1. The number of aliphatic hydroxyl groups is 1. The van der Waals surface area contributed by atoms with Gasteiger partial charge in [-0.25, -0.2) is 15.4 Å². The van der Waals surface area contributed by atoms with Crippen molar-refractivity contribution in [3.8, 4) is 0 Å². The number of fused-ring (bicyclic) bond motifs is 2. The zero-order valence-electron chi connectivity index (χ0n) is 20.5. The molecule has 0 aromatic heterocycles. The van der Waals surface area contributed by atoms with Gasteiger partial charge in [0.2, 0.25) is 5.90 Å². The van der Waals surface area contributed by atoms with Crippen molar-refractivity contribution in [2.75, 3.05) is 6.61 Å². The molecule has 2 aromatic carbocycles. The van der Waals surface area contributed by atoms with Crippen molar-refractivity contribution in [3.63, 3.8) is 0 Å². The molecular formula is C27H37Br2ClF2N2O3Si. The molecule has 2 unspecified atom stereocenters. The van der Waals surface area contributed by atoms with Crippen molar-refractivity contribution in [2.45, 2.75) is 78.4 Å². The number of hydrogen-bond donors (Lipinski definition) is 2. The van der Waals surface area contributed by atoms with Crippen LogP contribution in [0, 0.1) is 23.6 Å². The average molecular weight is 699 g/mol. The van der Waals surface area contributed by atoms with Gasteiger partial charge in [-0.3, -0.25) is 10.3 Å². The molecule has 0 aliphatic heterocycles. The summed E-state index contributed by atoms with van der Waals surface area (Å²) in [5.74, 6) is -0.819. The maximum atomic E-state index is 14.0. The van der Waals surface area contributed by atoms with Crippen LogP contribution in [0.2, 0.25) is 19.6 Å². The molecule has 2 aliphatic rings. The first kappa shape index (κ1) is 36.6. The average Bonchev–Trinajstić information content (AvgIpc) is 3.33. The Balaban J connectivity index is 0.000000669. The maximum absolute atomic E-state index is 14.0. The second-order valence-corrected chi connectivity index (χ2v) is 15.6. The Morgan fingerprint density at radius 1 is 1.03 bits per heavy atom. The van der Waals surface area contributed by atoms with Gasteiger partial charge in [0.05, 0.1) is 27.5 Å². The molecule has 2 aliphatic carbocycles. The number of rotatable bonds is 4. The highest BCUT2D eigenvalue weighted by molar-refractivity contribution is 9.10. The summed E-state index contributed by atoms with van der Waals surface area (Å²) in [6, 6.07) is 6.66. The first-order chi connectivity index (χ1) is 16.3. The Morgan fingerprint density at radius 3 is 1.97 bits per heavy atom. The summed E-state index contributed by atoms with van der Waals surface area (Å²) >= 11 is 6.30. The van der Waals surface area contributed by atoms with Crippen LogP contribution in [-0.4, -0.2) is 25.9 Å². The number of ether oxygens (including phenoxy) is 1. The minimum Gasteiger partial charge on any atom is -0.479 e. The zero-order valence-corrected chi connectivity index (χ0v) is 25.5. The summed E-state index contributed by atoms with van der Waals surface area (Å²) < 4.78 is 39.8. The first-order valence-electron chi connectivity index (χ1n) is 11.3. The Morgan fingerprint density at radius 2 is 1.50 bits per heavy atom. The monoisotopic (exact) mass is 696 g/mol. The molecular weight excluding hydrogens is 662 g/mol. The molecule has 0 amide bonds. The summed E-state index contributed by atoms with van der Waals surface area (Å²) in [4.78, 5) is 3.70. The van der Waals surface area contributed by atoms with Crippen LogP contribution < -0.4 is 0 Å². The number of benzene rings is 2. The van der Waals surface area contributed by atoms with Crippen LogP contribution >= 0.6 is 44.3 Å². The molecule has 2 N–H and O–H groups in total. The molecule has 0 spiro atoms. The zero-order chi connectivity index (χ0) is 26.2. The van der Waals surface area contributed by atoms with E-state index in [4.69, 9.17) is 21.1 Å². The van der Waals surface area contributed by atoms with E-state index in [0.29, 0.717) is 57.1 Å². The van der Waals surface area contributed by atoms with E-state index in [1.807, 2.05) is 25.7 Å². The lowest BCUT2D eigenvalue weighted by atomic mass is 9.96.